The maximum absolute atomic E-state index is 12.5. The van der Waals surface area contributed by atoms with Crippen molar-refractivity contribution >= 4 is 28.6 Å². The first kappa shape index (κ1) is 15.6. The van der Waals surface area contributed by atoms with Gasteiger partial charge in [-0.15, -0.1) is 0 Å². The van der Waals surface area contributed by atoms with Gasteiger partial charge in [0, 0.05) is 26.2 Å². The molecule has 3 aromatic rings. The molecule has 2 N–H and O–H groups in total. The summed E-state index contributed by atoms with van der Waals surface area (Å²) >= 11 is 6.12. The van der Waals surface area contributed by atoms with Crippen molar-refractivity contribution in [2.75, 3.05) is 31.1 Å². The van der Waals surface area contributed by atoms with Gasteiger partial charge in [0.15, 0.2) is 11.5 Å². The summed E-state index contributed by atoms with van der Waals surface area (Å²) in [4.78, 5) is 26.0. The number of benzene rings is 1. The summed E-state index contributed by atoms with van der Waals surface area (Å²) in [6, 6.07) is 8.77. The van der Waals surface area contributed by atoms with Crippen LogP contribution in [0.5, 0.6) is 0 Å². The Balaban J connectivity index is 1.91. The standard InChI is InChI=1S/C16H14ClN7O/c17-15-21-13(23-7-5-19-6-8-23)12-14(22-15)24(16(25)20-12)11-3-1-10(9-18)2-4-11/h1-4,19H,5-8H2,(H,20,25). The van der Waals surface area contributed by atoms with Crippen LogP contribution in [0.3, 0.4) is 0 Å². The number of aromatic amines is 1. The van der Waals surface area contributed by atoms with Crippen LogP contribution < -0.4 is 15.9 Å². The number of H-pyrrole nitrogens is 1. The molecule has 25 heavy (non-hydrogen) atoms. The van der Waals surface area contributed by atoms with E-state index in [1.54, 1.807) is 24.3 Å². The number of imidazole rings is 1. The van der Waals surface area contributed by atoms with E-state index in [0.29, 0.717) is 28.2 Å². The van der Waals surface area contributed by atoms with Gasteiger partial charge in [-0.1, -0.05) is 0 Å². The second-order valence-corrected chi connectivity index (χ2v) is 6.01. The lowest BCUT2D eigenvalue weighted by atomic mass is 10.2. The number of rotatable bonds is 2. The van der Waals surface area contributed by atoms with Crippen molar-refractivity contribution in [1.82, 2.24) is 24.8 Å². The monoisotopic (exact) mass is 355 g/mol. The van der Waals surface area contributed by atoms with Crippen LogP contribution in [0.1, 0.15) is 5.56 Å². The largest absolute Gasteiger partial charge is 0.352 e. The number of nitriles is 1. The molecule has 1 aliphatic rings. The fraction of sp³-hybridized carbons (Fsp3) is 0.250. The Morgan fingerprint density at radius 2 is 1.88 bits per heavy atom. The molecule has 1 fully saturated rings. The predicted octanol–water partition coefficient (Wildman–Crippen LogP) is 1.04. The zero-order valence-electron chi connectivity index (χ0n) is 13.2. The van der Waals surface area contributed by atoms with Gasteiger partial charge < -0.3 is 15.2 Å². The highest BCUT2D eigenvalue weighted by molar-refractivity contribution is 6.28. The summed E-state index contributed by atoms with van der Waals surface area (Å²) in [5.74, 6) is 0.626. The van der Waals surface area contributed by atoms with Gasteiger partial charge in [-0.3, -0.25) is 0 Å². The van der Waals surface area contributed by atoms with E-state index in [-0.39, 0.29) is 11.0 Å². The highest BCUT2D eigenvalue weighted by Gasteiger charge is 2.21. The molecule has 0 amide bonds. The lowest BCUT2D eigenvalue weighted by Gasteiger charge is -2.28. The van der Waals surface area contributed by atoms with Gasteiger partial charge in [0.05, 0.1) is 17.3 Å². The first-order valence-electron chi connectivity index (χ1n) is 7.82. The van der Waals surface area contributed by atoms with E-state index in [9.17, 15) is 4.79 Å². The van der Waals surface area contributed by atoms with Crippen molar-refractivity contribution in [2.45, 2.75) is 0 Å². The number of nitrogens with one attached hydrogen (secondary N) is 2. The van der Waals surface area contributed by atoms with Gasteiger partial charge in [0.2, 0.25) is 5.28 Å². The minimum Gasteiger partial charge on any atom is -0.352 e. The summed E-state index contributed by atoms with van der Waals surface area (Å²) < 4.78 is 1.44. The number of anilines is 1. The molecule has 0 atom stereocenters. The molecule has 0 radical (unpaired) electrons. The molecule has 126 valence electrons. The Hall–Kier alpha value is -2.89. The molecule has 0 saturated carbocycles. The number of hydrogen-bond acceptors (Lipinski definition) is 6. The van der Waals surface area contributed by atoms with Gasteiger partial charge in [-0.05, 0) is 35.9 Å². The van der Waals surface area contributed by atoms with Gasteiger partial charge in [-0.2, -0.15) is 15.2 Å². The average molecular weight is 356 g/mol. The Morgan fingerprint density at radius 1 is 1.16 bits per heavy atom. The lowest BCUT2D eigenvalue weighted by Crippen LogP contribution is -2.44. The topological polar surface area (TPSA) is 103 Å². The fourth-order valence-electron chi connectivity index (χ4n) is 2.97. The first-order chi connectivity index (χ1) is 12.2. The van der Waals surface area contributed by atoms with Crippen molar-refractivity contribution in [2.24, 2.45) is 0 Å². The van der Waals surface area contributed by atoms with Crippen LogP contribution in [0.2, 0.25) is 5.28 Å². The summed E-state index contributed by atoms with van der Waals surface area (Å²) in [7, 11) is 0. The maximum Gasteiger partial charge on any atom is 0.332 e. The smallest absolute Gasteiger partial charge is 0.332 e. The highest BCUT2D eigenvalue weighted by atomic mass is 35.5. The van der Waals surface area contributed by atoms with E-state index in [0.717, 1.165) is 26.2 Å². The molecule has 0 spiro atoms. The van der Waals surface area contributed by atoms with E-state index >= 15 is 0 Å². The second kappa shape index (κ2) is 6.20. The number of halogens is 1. The lowest BCUT2D eigenvalue weighted by molar-refractivity contribution is 0.586. The third-order valence-electron chi connectivity index (χ3n) is 4.16. The minimum atomic E-state index is -0.326. The third kappa shape index (κ3) is 2.73. The molecule has 4 rings (SSSR count). The Morgan fingerprint density at radius 3 is 2.56 bits per heavy atom. The molecule has 0 unspecified atom stereocenters. The SMILES string of the molecule is N#Cc1ccc(-n2c(=O)[nH]c3c(N4CCNCC4)nc(Cl)nc32)cc1. The highest BCUT2D eigenvalue weighted by Crippen LogP contribution is 2.25. The zero-order chi connectivity index (χ0) is 17.4. The average Bonchev–Trinajstić information content (AvgIpc) is 2.97. The predicted molar refractivity (Wildman–Crippen MR) is 94.3 cm³/mol. The molecule has 1 aromatic carbocycles. The normalized spacial score (nSPS) is 14.6. The van der Waals surface area contributed by atoms with E-state index in [4.69, 9.17) is 16.9 Å². The molecule has 0 aliphatic carbocycles. The number of hydrogen-bond donors (Lipinski definition) is 2. The Labute approximate surface area is 147 Å². The molecule has 9 heteroatoms. The molecular formula is C16H14ClN7O. The van der Waals surface area contributed by atoms with Gasteiger partial charge in [-0.25, -0.2) is 9.36 Å². The van der Waals surface area contributed by atoms with Gasteiger partial charge >= 0.3 is 5.69 Å². The molecule has 3 heterocycles. The molecule has 8 nitrogen and oxygen atoms in total. The minimum absolute atomic E-state index is 0.0856. The summed E-state index contributed by atoms with van der Waals surface area (Å²) in [6.45, 7) is 3.21. The third-order valence-corrected chi connectivity index (χ3v) is 4.33. The van der Waals surface area contributed by atoms with E-state index in [1.807, 2.05) is 0 Å². The van der Waals surface area contributed by atoms with E-state index in [1.165, 1.54) is 4.57 Å². The first-order valence-corrected chi connectivity index (χ1v) is 8.19. The van der Waals surface area contributed by atoms with Crippen molar-refractivity contribution in [1.29, 1.82) is 5.26 Å². The van der Waals surface area contributed by atoms with Crippen LogP contribution in [-0.4, -0.2) is 45.7 Å². The van der Waals surface area contributed by atoms with Crippen molar-refractivity contribution in [3.05, 3.63) is 45.6 Å². The summed E-state index contributed by atoms with van der Waals surface area (Å²) in [5, 5.41) is 12.3. The number of aromatic nitrogens is 4. The molecule has 1 saturated heterocycles. The number of piperazine rings is 1. The Bertz CT molecular complexity index is 1030. The zero-order valence-corrected chi connectivity index (χ0v) is 13.9. The Kier molecular flexibility index (Phi) is 3.87. The second-order valence-electron chi connectivity index (χ2n) is 5.68. The van der Waals surface area contributed by atoms with Crippen molar-refractivity contribution < 1.29 is 0 Å². The van der Waals surface area contributed by atoms with E-state index < -0.39 is 0 Å². The van der Waals surface area contributed by atoms with Crippen molar-refractivity contribution in [3.63, 3.8) is 0 Å². The van der Waals surface area contributed by atoms with Crippen molar-refractivity contribution in [3.8, 4) is 11.8 Å². The van der Waals surface area contributed by atoms with Crippen LogP contribution in [-0.2, 0) is 0 Å². The van der Waals surface area contributed by atoms with Crippen LogP contribution in [0.15, 0.2) is 29.1 Å². The van der Waals surface area contributed by atoms with Gasteiger partial charge in [0.25, 0.3) is 0 Å². The van der Waals surface area contributed by atoms with Crippen LogP contribution in [0.25, 0.3) is 16.9 Å². The maximum atomic E-state index is 12.5. The summed E-state index contributed by atoms with van der Waals surface area (Å²) in [5.41, 5.74) is 1.78. The molecule has 0 bridgehead atoms. The van der Waals surface area contributed by atoms with E-state index in [2.05, 4.69) is 31.2 Å². The summed E-state index contributed by atoms with van der Waals surface area (Å²) in [6.07, 6.45) is 0. The fourth-order valence-corrected chi connectivity index (χ4v) is 3.13. The number of nitrogens with zero attached hydrogens (tertiary/aromatic N) is 5. The molecule has 2 aromatic heterocycles. The molecular weight excluding hydrogens is 342 g/mol. The van der Waals surface area contributed by atoms with Crippen LogP contribution >= 0.6 is 11.6 Å². The quantitative estimate of drug-likeness (QED) is 0.666. The van der Waals surface area contributed by atoms with Crippen LogP contribution in [0.4, 0.5) is 5.82 Å². The number of fused-ring (bicyclic) bond motifs is 1. The molecule has 1 aliphatic heterocycles. The van der Waals surface area contributed by atoms with Crippen LogP contribution in [0, 0.1) is 11.3 Å². The van der Waals surface area contributed by atoms with Gasteiger partial charge in [0.1, 0.15) is 5.52 Å².